The summed E-state index contributed by atoms with van der Waals surface area (Å²) in [5.74, 6) is -1.19. The molecule has 30 heavy (non-hydrogen) atoms. The maximum atomic E-state index is 12.5. The van der Waals surface area contributed by atoms with Gasteiger partial charge in [0.1, 0.15) is 0 Å². The fraction of sp³-hybridized carbons (Fsp3) is 0.500. The third-order valence-corrected chi connectivity index (χ3v) is 4.83. The molecule has 9 nitrogen and oxygen atoms in total. The van der Waals surface area contributed by atoms with Crippen molar-refractivity contribution in [2.45, 2.75) is 31.5 Å². The quantitative estimate of drug-likeness (QED) is 0.783. The smallest absolute Gasteiger partial charge is 0.475 e. The lowest BCUT2D eigenvalue weighted by atomic mass is 9.93. The van der Waals surface area contributed by atoms with E-state index in [0.717, 1.165) is 5.69 Å². The molecule has 2 aromatic heterocycles. The van der Waals surface area contributed by atoms with Gasteiger partial charge in [0.2, 0.25) is 17.7 Å². The van der Waals surface area contributed by atoms with Crippen molar-refractivity contribution < 1.29 is 37.0 Å². The van der Waals surface area contributed by atoms with Crippen molar-refractivity contribution in [1.82, 2.24) is 20.1 Å². The number of carbonyl (C=O) groups excluding carboxylic acids is 1. The van der Waals surface area contributed by atoms with Gasteiger partial charge >= 0.3 is 12.1 Å². The molecule has 4 heterocycles. The molecule has 2 saturated heterocycles. The normalized spacial score (nSPS) is 22.9. The maximum absolute atomic E-state index is 12.5. The number of fused-ring (bicyclic) bond motifs is 1. The molecule has 162 valence electrons. The van der Waals surface area contributed by atoms with Gasteiger partial charge in [-0.1, -0.05) is 6.07 Å². The summed E-state index contributed by atoms with van der Waals surface area (Å²) in [5.41, 5.74) is 0.791. The van der Waals surface area contributed by atoms with Crippen LogP contribution in [0, 0.1) is 12.8 Å². The first-order chi connectivity index (χ1) is 14.1. The molecule has 2 aromatic rings. The number of hydrogen-bond donors (Lipinski definition) is 1. The number of nitrogens with zero attached hydrogens (tertiary/aromatic N) is 4. The van der Waals surface area contributed by atoms with E-state index in [2.05, 4.69) is 15.2 Å². The molecule has 0 saturated carbocycles. The first-order valence-electron chi connectivity index (χ1n) is 9.04. The van der Waals surface area contributed by atoms with Gasteiger partial charge in [0.25, 0.3) is 0 Å². The van der Waals surface area contributed by atoms with Crippen LogP contribution in [0.15, 0.2) is 28.8 Å². The summed E-state index contributed by atoms with van der Waals surface area (Å²) in [5, 5.41) is 15.1. The molecule has 3 atom stereocenters. The van der Waals surface area contributed by atoms with Gasteiger partial charge in [0.05, 0.1) is 25.0 Å². The minimum absolute atomic E-state index is 0.0555. The summed E-state index contributed by atoms with van der Waals surface area (Å²) >= 11 is 0. The van der Waals surface area contributed by atoms with E-state index in [1.165, 1.54) is 0 Å². The molecule has 1 amide bonds. The number of hydrogen-bond acceptors (Lipinski definition) is 7. The number of carboxylic acids is 1. The molecule has 4 rings (SSSR count). The van der Waals surface area contributed by atoms with E-state index in [0.29, 0.717) is 37.9 Å². The molecule has 0 aromatic carbocycles. The molecule has 2 aliphatic rings. The molecule has 0 unspecified atom stereocenters. The highest BCUT2D eigenvalue weighted by Gasteiger charge is 2.47. The number of aliphatic carboxylic acids is 1. The van der Waals surface area contributed by atoms with Crippen LogP contribution in [0.4, 0.5) is 13.2 Å². The Labute approximate surface area is 168 Å². The monoisotopic (exact) mass is 428 g/mol. The van der Waals surface area contributed by atoms with Crippen LogP contribution in [-0.4, -0.2) is 69.0 Å². The largest absolute Gasteiger partial charge is 0.490 e. The summed E-state index contributed by atoms with van der Waals surface area (Å²) < 4.78 is 43.1. The molecule has 0 aliphatic carbocycles. The van der Waals surface area contributed by atoms with E-state index in [1.807, 2.05) is 23.1 Å². The molecule has 0 radical (unpaired) electrons. The van der Waals surface area contributed by atoms with E-state index >= 15 is 0 Å². The fourth-order valence-electron chi connectivity index (χ4n) is 3.40. The summed E-state index contributed by atoms with van der Waals surface area (Å²) in [6, 6.07) is 5.61. The Bertz CT molecular complexity index is 889. The maximum Gasteiger partial charge on any atom is 0.490 e. The molecular weight excluding hydrogens is 409 g/mol. The Morgan fingerprint density at radius 1 is 1.27 bits per heavy atom. The summed E-state index contributed by atoms with van der Waals surface area (Å²) in [6.07, 6.45) is -3.00. The number of amides is 1. The lowest BCUT2D eigenvalue weighted by molar-refractivity contribution is -0.192. The van der Waals surface area contributed by atoms with Crippen molar-refractivity contribution in [3.05, 3.63) is 41.9 Å². The van der Waals surface area contributed by atoms with Crippen LogP contribution in [0.2, 0.25) is 0 Å². The van der Waals surface area contributed by atoms with E-state index in [-0.39, 0.29) is 23.8 Å². The number of alkyl halides is 3. The van der Waals surface area contributed by atoms with Crippen LogP contribution in [0.5, 0.6) is 0 Å². The second kappa shape index (κ2) is 8.78. The zero-order valence-electron chi connectivity index (χ0n) is 15.9. The Kier molecular flexibility index (Phi) is 6.34. The second-order valence-electron chi connectivity index (χ2n) is 6.90. The first kappa shape index (κ1) is 21.7. The third kappa shape index (κ3) is 5.12. The van der Waals surface area contributed by atoms with Crippen LogP contribution in [0.3, 0.4) is 0 Å². The molecule has 1 N–H and O–H groups in total. The Balaban J connectivity index is 0.000000318. The van der Waals surface area contributed by atoms with E-state index < -0.39 is 12.1 Å². The van der Waals surface area contributed by atoms with Crippen molar-refractivity contribution in [3.63, 3.8) is 0 Å². The van der Waals surface area contributed by atoms with Gasteiger partial charge in [-0.3, -0.25) is 9.78 Å². The number of aromatic nitrogens is 3. The van der Waals surface area contributed by atoms with Crippen molar-refractivity contribution in [1.29, 1.82) is 0 Å². The average molecular weight is 428 g/mol. The molecule has 0 spiro atoms. The summed E-state index contributed by atoms with van der Waals surface area (Å²) in [7, 11) is 0. The zero-order valence-corrected chi connectivity index (χ0v) is 15.9. The molecule has 2 fully saturated rings. The van der Waals surface area contributed by atoms with Gasteiger partial charge in [0.15, 0.2) is 0 Å². The number of rotatable bonds is 3. The Morgan fingerprint density at radius 2 is 2.00 bits per heavy atom. The van der Waals surface area contributed by atoms with Crippen LogP contribution in [0.1, 0.15) is 23.4 Å². The predicted octanol–water partition coefficient (Wildman–Crippen LogP) is 1.59. The topological polar surface area (TPSA) is 119 Å². The number of carbonyl (C=O) groups is 2. The number of carboxylic acid groups (broad SMARTS) is 1. The van der Waals surface area contributed by atoms with Crippen molar-refractivity contribution >= 4 is 11.9 Å². The SMILES string of the molecule is Cc1nnc([C@@H]2CO[C@@H]3CN(C(=O)Cc4ccccn4)C[C@@H]32)o1.O=C(O)C(F)(F)F. The van der Waals surface area contributed by atoms with Crippen LogP contribution in [0.25, 0.3) is 0 Å². The minimum atomic E-state index is -5.08. The lowest BCUT2D eigenvalue weighted by Crippen LogP contribution is -2.32. The molecular formula is C18H19F3N4O5. The van der Waals surface area contributed by atoms with Crippen molar-refractivity contribution in [3.8, 4) is 0 Å². The van der Waals surface area contributed by atoms with E-state index in [9.17, 15) is 18.0 Å². The van der Waals surface area contributed by atoms with Crippen LogP contribution < -0.4 is 0 Å². The fourth-order valence-corrected chi connectivity index (χ4v) is 3.40. The van der Waals surface area contributed by atoms with Crippen LogP contribution >= 0.6 is 0 Å². The van der Waals surface area contributed by atoms with Crippen molar-refractivity contribution in [2.75, 3.05) is 19.7 Å². The number of aryl methyl sites for hydroxylation is 1. The van der Waals surface area contributed by atoms with E-state index in [4.69, 9.17) is 19.1 Å². The van der Waals surface area contributed by atoms with Gasteiger partial charge < -0.3 is 19.2 Å². The number of ether oxygens (including phenoxy) is 1. The van der Waals surface area contributed by atoms with Gasteiger partial charge in [-0.2, -0.15) is 13.2 Å². The second-order valence-corrected chi connectivity index (χ2v) is 6.90. The molecule has 2 aliphatic heterocycles. The van der Waals surface area contributed by atoms with E-state index in [1.54, 1.807) is 13.1 Å². The van der Waals surface area contributed by atoms with Gasteiger partial charge in [0, 0.05) is 37.8 Å². The Hall–Kier alpha value is -3.02. The third-order valence-electron chi connectivity index (χ3n) is 4.83. The highest BCUT2D eigenvalue weighted by molar-refractivity contribution is 5.78. The average Bonchev–Trinajstić information content (AvgIpc) is 3.37. The molecule has 12 heteroatoms. The highest BCUT2D eigenvalue weighted by atomic mass is 19.4. The first-order valence-corrected chi connectivity index (χ1v) is 9.04. The van der Waals surface area contributed by atoms with Gasteiger partial charge in [-0.25, -0.2) is 4.79 Å². The minimum Gasteiger partial charge on any atom is -0.475 e. The van der Waals surface area contributed by atoms with Crippen LogP contribution in [-0.2, 0) is 20.7 Å². The standard InChI is InChI=1S/C16H18N4O3.C2HF3O2/c1-10-18-19-16(23-10)13-9-22-14-8-20(7-12(13)14)15(21)6-11-4-2-3-5-17-11;3-2(4,5)1(6)7/h2-5,12-14H,6-9H2,1H3;(H,6,7)/t12-,13-,14-;/m1./s1. The summed E-state index contributed by atoms with van der Waals surface area (Å²) in [4.78, 5) is 27.4. The zero-order chi connectivity index (χ0) is 21.9. The van der Waals surface area contributed by atoms with Gasteiger partial charge in [-0.15, -0.1) is 10.2 Å². The molecule has 0 bridgehead atoms. The predicted molar refractivity (Wildman–Crippen MR) is 93.2 cm³/mol. The van der Waals surface area contributed by atoms with Crippen molar-refractivity contribution in [2.24, 2.45) is 5.92 Å². The number of likely N-dealkylation sites (tertiary alicyclic amines) is 1. The van der Waals surface area contributed by atoms with Gasteiger partial charge in [-0.05, 0) is 12.1 Å². The Morgan fingerprint density at radius 3 is 2.57 bits per heavy atom. The lowest BCUT2D eigenvalue weighted by Gasteiger charge is -2.18. The summed E-state index contributed by atoms with van der Waals surface area (Å²) in [6.45, 7) is 3.66. The highest BCUT2D eigenvalue weighted by Crippen LogP contribution is 2.39. The number of halogens is 3. The number of pyridine rings is 1.